The van der Waals surface area contributed by atoms with Gasteiger partial charge < -0.3 is 10.4 Å². The number of aromatic carboxylic acids is 1. The van der Waals surface area contributed by atoms with Gasteiger partial charge >= 0.3 is 5.97 Å². The normalized spacial score (nSPS) is 10.1. The Labute approximate surface area is 125 Å². The van der Waals surface area contributed by atoms with E-state index in [1.165, 1.54) is 18.2 Å². The van der Waals surface area contributed by atoms with Crippen molar-refractivity contribution < 1.29 is 14.8 Å². The highest BCUT2D eigenvalue weighted by atomic mass is 32.2. The summed E-state index contributed by atoms with van der Waals surface area (Å²) >= 11 is 1.61. The lowest BCUT2D eigenvalue weighted by atomic mass is 10.1. The number of rotatable bonds is 5. The molecule has 0 spiro atoms. The molecule has 0 atom stereocenters. The summed E-state index contributed by atoms with van der Waals surface area (Å²) in [5.41, 5.74) is 0.463. The number of nitrogens with zero attached hydrogens (tertiary/aromatic N) is 1. The Kier molecular flexibility index (Phi) is 4.44. The van der Waals surface area contributed by atoms with Crippen molar-refractivity contribution in [3.05, 3.63) is 58.1 Å². The summed E-state index contributed by atoms with van der Waals surface area (Å²) in [6.45, 7) is 0. The summed E-state index contributed by atoms with van der Waals surface area (Å²) in [7, 11) is 0. The van der Waals surface area contributed by atoms with Crippen molar-refractivity contribution in [2.75, 3.05) is 11.6 Å². The third-order valence-corrected chi connectivity index (χ3v) is 3.55. The summed E-state index contributed by atoms with van der Waals surface area (Å²) in [4.78, 5) is 22.3. The molecule has 0 saturated carbocycles. The number of hydrogen-bond acceptors (Lipinski definition) is 5. The number of carbonyl (C=O) groups is 1. The van der Waals surface area contributed by atoms with Gasteiger partial charge in [-0.3, -0.25) is 10.1 Å². The lowest BCUT2D eigenvalue weighted by Crippen LogP contribution is -2.03. The third-order valence-electron chi connectivity index (χ3n) is 2.80. The van der Waals surface area contributed by atoms with Crippen LogP contribution in [0.5, 0.6) is 0 Å². The van der Waals surface area contributed by atoms with E-state index in [-0.39, 0.29) is 5.56 Å². The molecule has 21 heavy (non-hydrogen) atoms. The average Bonchev–Trinajstić information content (AvgIpc) is 2.47. The van der Waals surface area contributed by atoms with E-state index >= 15 is 0 Å². The fraction of sp³-hybridized carbons (Fsp3) is 0.0714. The average molecular weight is 304 g/mol. The van der Waals surface area contributed by atoms with Crippen LogP contribution < -0.4 is 5.32 Å². The molecule has 0 heterocycles. The number of carboxylic acid groups (broad SMARTS) is 1. The lowest BCUT2D eigenvalue weighted by Gasteiger charge is -2.08. The highest BCUT2D eigenvalue weighted by molar-refractivity contribution is 7.98. The fourth-order valence-corrected chi connectivity index (χ4v) is 2.19. The zero-order valence-electron chi connectivity index (χ0n) is 11.1. The molecule has 0 aliphatic carbocycles. The van der Waals surface area contributed by atoms with Gasteiger partial charge in [0, 0.05) is 22.3 Å². The van der Waals surface area contributed by atoms with Gasteiger partial charge in [0.15, 0.2) is 0 Å². The van der Waals surface area contributed by atoms with Gasteiger partial charge in [-0.05, 0) is 42.7 Å². The molecule has 2 N–H and O–H groups in total. The largest absolute Gasteiger partial charge is 0.477 e. The van der Waals surface area contributed by atoms with Gasteiger partial charge in [0.1, 0.15) is 5.56 Å². The first-order valence-corrected chi connectivity index (χ1v) is 7.16. The molecule has 2 aromatic rings. The Morgan fingerprint density at radius 2 is 1.81 bits per heavy atom. The minimum atomic E-state index is -1.32. The Balaban J connectivity index is 2.29. The first-order valence-electron chi connectivity index (χ1n) is 5.94. The number of thioether (sulfide) groups is 1. The van der Waals surface area contributed by atoms with Gasteiger partial charge in [-0.25, -0.2) is 4.79 Å². The highest BCUT2D eigenvalue weighted by Gasteiger charge is 2.20. The van der Waals surface area contributed by atoms with E-state index in [0.717, 1.165) is 10.6 Å². The van der Waals surface area contributed by atoms with Gasteiger partial charge in [0.05, 0.1) is 4.92 Å². The SMILES string of the molecule is CSc1ccc(Nc2ccc(C(=O)O)c([N+](=O)[O-])c2)cc1. The van der Waals surface area contributed by atoms with Crippen molar-refractivity contribution in [2.24, 2.45) is 0 Å². The zero-order chi connectivity index (χ0) is 15.4. The molecule has 0 aliphatic rings. The Bertz CT molecular complexity index is 686. The van der Waals surface area contributed by atoms with Crippen LogP contribution in [0.4, 0.5) is 17.1 Å². The predicted octanol–water partition coefficient (Wildman–Crippen LogP) is 3.76. The first kappa shape index (κ1) is 14.9. The van der Waals surface area contributed by atoms with Gasteiger partial charge in [-0.2, -0.15) is 0 Å². The molecule has 7 heteroatoms. The second-order valence-electron chi connectivity index (χ2n) is 4.15. The molecule has 0 aromatic heterocycles. The minimum Gasteiger partial charge on any atom is -0.477 e. The first-order chi connectivity index (χ1) is 10.0. The molecular formula is C14H12N2O4S. The second-order valence-corrected chi connectivity index (χ2v) is 5.03. The molecule has 108 valence electrons. The van der Waals surface area contributed by atoms with Crippen LogP contribution in [-0.2, 0) is 0 Å². The molecule has 0 bridgehead atoms. The summed E-state index contributed by atoms with van der Waals surface area (Å²) < 4.78 is 0. The van der Waals surface area contributed by atoms with E-state index in [0.29, 0.717) is 5.69 Å². The molecule has 0 saturated heterocycles. The Morgan fingerprint density at radius 3 is 2.33 bits per heavy atom. The molecule has 0 fully saturated rings. The van der Waals surface area contributed by atoms with E-state index in [9.17, 15) is 14.9 Å². The van der Waals surface area contributed by atoms with Gasteiger partial charge in [0.25, 0.3) is 5.69 Å². The Morgan fingerprint density at radius 1 is 1.19 bits per heavy atom. The highest BCUT2D eigenvalue weighted by Crippen LogP contribution is 2.26. The molecule has 0 unspecified atom stereocenters. The van der Waals surface area contributed by atoms with Gasteiger partial charge in [-0.15, -0.1) is 11.8 Å². The second kappa shape index (κ2) is 6.27. The van der Waals surface area contributed by atoms with Crippen molar-refractivity contribution >= 4 is 34.8 Å². The van der Waals surface area contributed by atoms with Crippen LogP contribution in [0.15, 0.2) is 47.4 Å². The number of nitro benzene ring substituents is 1. The maximum absolute atomic E-state index is 10.9. The van der Waals surface area contributed by atoms with Crippen LogP contribution in [0, 0.1) is 10.1 Å². The minimum absolute atomic E-state index is 0.330. The van der Waals surface area contributed by atoms with Crippen molar-refractivity contribution in [3.8, 4) is 0 Å². The van der Waals surface area contributed by atoms with E-state index in [4.69, 9.17) is 5.11 Å². The zero-order valence-corrected chi connectivity index (χ0v) is 11.9. The molecule has 6 nitrogen and oxygen atoms in total. The third kappa shape index (κ3) is 3.51. The standard InChI is InChI=1S/C14H12N2O4S/c1-21-11-5-2-9(3-6-11)15-10-4-7-12(14(17)18)13(8-10)16(19)20/h2-8,15H,1H3,(H,17,18). The smallest absolute Gasteiger partial charge is 0.342 e. The van der Waals surface area contributed by atoms with E-state index in [1.807, 2.05) is 30.5 Å². The van der Waals surface area contributed by atoms with Crippen LogP contribution in [0.1, 0.15) is 10.4 Å². The number of nitrogens with one attached hydrogen (secondary N) is 1. The van der Waals surface area contributed by atoms with Crippen LogP contribution in [0.3, 0.4) is 0 Å². The quantitative estimate of drug-likeness (QED) is 0.496. The summed E-state index contributed by atoms with van der Waals surface area (Å²) in [5, 5.41) is 22.9. The predicted molar refractivity (Wildman–Crippen MR) is 81.6 cm³/mol. The fourth-order valence-electron chi connectivity index (χ4n) is 1.78. The topological polar surface area (TPSA) is 92.5 Å². The summed E-state index contributed by atoms with van der Waals surface area (Å²) in [6.07, 6.45) is 1.97. The molecule has 0 radical (unpaired) electrons. The number of nitro groups is 1. The monoisotopic (exact) mass is 304 g/mol. The van der Waals surface area contributed by atoms with Crippen LogP contribution in [0.25, 0.3) is 0 Å². The lowest BCUT2D eigenvalue weighted by molar-refractivity contribution is -0.385. The van der Waals surface area contributed by atoms with Gasteiger partial charge in [0.2, 0.25) is 0 Å². The molecule has 2 rings (SSSR count). The van der Waals surface area contributed by atoms with Gasteiger partial charge in [-0.1, -0.05) is 0 Å². The van der Waals surface area contributed by atoms with Crippen LogP contribution >= 0.6 is 11.8 Å². The van der Waals surface area contributed by atoms with E-state index < -0.39 is 16.6 Å². The van der Waals surface area contributed by atoms with E-state index in [2.05, 4.69) is 5.32 Å². The number of anilines is 2. The number of benzene rings is 2. The molecule has 2 aromatic carbocycles. The van der Waals surface area contributed by atoms with E-state index in [1.54, 1.807) is 11.8 Å². The maximum atomic E-state index is 10.9. The van der Waals surface area contributed by atoms with Crippen molar-refractivity contribution in [1.29, 1.82) is 0 Å². The van der Waals surface area contributed by atoms with Crippen molar-refractivity contribution in [1.82, 2.24) is 0 Å². The molecular weight excluding hydrogens is 292 g/mol. The number of carboxylic acids is 1. The number of hydrogen-bond donors (Lipinski definition) is 2. The molecule has 0 amide bonds. The van der Waals surface area contributed by atoms with Crippen molar-refractivity contribution in [2.45, 2.75) is 4.90 Å². The maximum Gasteiger partial charge on any atom is 0.342 e. The summed E-state index contributed by atoms with van der Waals surface area (Å²) in [6, 6.07) is 11.5. The summed E-state index contributed by atoms with van der Waals surface area (Å²) in [5.74, 6) is -1.32. The van der Waals surface area contributed by atoms with Crippen LogP contribution in [0.2, 0.25) is 0 Å². The Hall–Kier alpha value is -2.54. The molecule has 0 aliphatic heterocycles. The van der Waals surface area contributed by atoms with Crippen LogP contribution in [-0.4, -0.2) is 22.3 Å². The van der Waals surface area contributed by atoms with Crippen molar-refractivity contribution in [3.63, 3.8) is 0 Å².